The highest BCUT2D eigenvalue weighted by Gasteiger charge is 2.22. The molecule has 0 aliphatic carbocycles. The zero-order valence-corrected chi connectivity index (χ0v) is 14.2. The molecular formula is C16H29N5O. The number of rotatable bonds is 6. The van der Waals surface area contributed by atoms with Crippen LogP contribution in [0.15, 0.2) is 6.07 Å². The molecule has 0 bridgehead atoms. The lowest BCUT2D eigenvalue weighted by atomic mass is 10.0. The SMILES string of the molecule is Cc1cc(C[C@@H](C)NC(=O)CN(C)C2CCN(C)CC2)n[nH]1. The zero-order chi connectivity index (χ0) is 16.1. The topological polar surface area (TPSA) is 64.3 Å². The van der Waals surface area contributed by atoms with Crippen LogP contribution in [0.25, 0.3) is 0 Å². The second kappa shape index (κ2) is 7.74. The number of amides is 1. The Morgan fingerprint density at radius 2 is 2.23 bits per heavy atom. The first-order valence-electron chi connectivity index (χ1n) is 8.13. The number of hydrogen-bond acceptors (Lipinski definition) is 4. The van der Waals surface area contributed by atoms with Crippen LogP contribution >= 0.6 is 0 Å². The fourth-order valence-electron chi connectivity index (χ4n) is 3.06. The molecule has 2 rings (SSSR count). The smallest absolute Gasteiger partial charge is 0.234 e. The lowest BCUT2D eigenvalue weighted by molar-refractivity contribution is -0.123. The van der Waals surface area contributed by atoms with Gasteiger partial charge in [-0.3, -0.25) is 14.8 Å². The number of carbonyl (C=O) groups is 1. The van der Waals surface area contributed by atoms with E-state index in [4.69, 9.17) is 0 Å². The van der Waals surface area contributed by atoms with Gasteiger partial charge >= 0.3 is 0 Å². The summed E-state index contributed by atoms with van der Waals surface area (Å²) in [5, 5.41) is 10.2. The minimum absolute atomic E-state index is 0.0982. The Morgan fingerprint density at radius 1 is 1.55 bits per heavy atom. The van der Waals surface area contributed by atoms with E-state index in [1.165, 1.54) is 0 Å². The summed E-state index contributed by atoms with van der Waals surface area (Å²) in [7, 11) is 4.21. The molecular weight excluding hydrogens is 278 g/mol. The molecule has 1 amide bonds. The molecule has 2 N–H and O–H groups in total. The van der Waals surface area contributed by atoms with E-state index in [9.17, 15) is 4.79 Å². The normalized spacial score (nSPS) is 18.6. The second-order valence-electron chi connectivity index (χ2n) is 6.66. The van der Waals surface area contributed by atoms with Gasteiger partial charge in [-0.15, -0.1) is 0 Å². The average molecular weight is 307 g/mol. The molecule has 0 saturated carbocycles. The predicted molar refractivity (Wildman–Crippen MR) is 87.8 cm³/mol. The van der Waals surface area contributed by atoms with Crippen molar-refractivity contribution in [2.75, 3.05) is 33.7 Å². The van der Waals surface area contributed by atoms with Crippen LogP contribution in [0.1, 0.15) is 31.2 Å². The van der Waals surface area contributed by atoms with Gasteiger partial charge in [0.15, 0.2) is 0 Å². The molecule has 1 saturated heterocycles. The molecule has 1 aliphatic rings. The summed E-state index contributed by atoms with van der Waals surface area (Å²) < 4.78 is 0. The molecule has 1 atom stereocenters. The summed E-state index contributed by atoms with van der Waals surface area (Å²) in [4.78, 5) is 16.7. The first-order chi connectivity index (χ1) is 10.4. The summed E-state index contributed by atoms with van der Waals surface area (Å²) in [5.41, 5.74) is 2.05. The molecule has 1 fully saturated rings. The quantitative estimate of drug-likeness (QED) is 0.816. The van der Waals surface area contributed by atoms with Gasteiger partial charge in [0.1, 0.15) is 0 Å². The van der Waals surface area contributed by atoms with Crippen LogP contribution in [0.2, 0.25) is 0 Å². The van der Waals surface area contributed by atoms with Gasteiger partial charge in [0.2, 0.25) is 5.91 Å². The molecule has 6 heteroatoms. The van der Waals surface area contributed by atoms with E-state index in [1.807, 2.05) is 19.9 Å². The number of H-pyrrole nitrogens is 1. The van der Waals surface area contributed by atoms with Crippen LogP contribution < -0.4 is 5.32 Å². The fourth-order valence-corrected chi connectivity index (χ4v) is 3.06. The van der Waals surface area contributed by atoms with E-state index in [-0.39, 0.29) is 11.9 Å². The van der Waals surface area contributed by atoms with Crippen LogP contribution in [-0.2, 0) is 11.2 Å². The maximum Gasteiger partial charge on any atom is 0.234 e. The molecule has 0 unspecified atom stereocenters. The summed E-state index contributed by atoms with van der Waals surface area (Å²) >= 11 is 0. The molecule has 124 valence electrons. The Bertz CT molecular complexity index is 479. The van der Waals surface area contributed by atoms with Crippen molar-refractivity contribution in [2.24, 2.45) is 0 Å². The van der Waals surface area contributed by atoms with Gasteiger partial charge in [-0.05, 0) is 59.9 Å². The van der Waals surface area contributed by atoms with Gasteiger partial charge in [0.05, 0.1) is 12.2 Å². The highest BCUT2D eigenvalue weighted by Crippen LogP contribution is 2.13. The number of piperidine rings is 1. The summed E-state index contributed by atoms with van der Waals surface area (Å²) in [6.45, 7) is 6.71. The van der Waals surface area contributed by atoms with E-state index in [2.05, 4.69) is 39.4 Å². The minimum Gasteiger partial charge on any atom is -0.352 e. The third kappa shape index (κ3) is 5.10. The van der Waals surface area contributed by atoms with Crippen LogP contribution in [0.4, 0.5) is 0 Å². The number of aromatic nitrogens is 2. The van der Waals surface area contributed by atoms with Crippen molar-refractivity contribution in [3.63, 3.8) is 0 Å². The monoisotopic (exact) mass is 307 g/mol. The lowest BCUT2D eigenvalue weighted by Crippen LogP contribution is -2.47. The first kappa shape index (κ1) is 17.0. The Balaban J connectivity index is 1.72. The molecule has 22 heavy (non-hydrogen) atoms. The minimum atomic E-state index is 0.0982. The first-order valence-corrected chi connectivity index (χ1v) is 8.13. The van der Waals surface area contributed by atoms with Crippen molar-refractivity contribution in [1.29, 1.82) is 0 Å². The van der Waals surface area contributed by atoms with Crippen LogP contribution in [-0.4, -0.2) is 71.7 Å². The van der Waals surface area contributed by atoms with E-state index >= 15 is 0 Å². The van der Waals surface area contributed by atoms with Crippen LogP contribution in [0, 0.1) is 6.92 Å². The third-order valence-corrected chi connectivity index (χ3v) is 4.39. The summed E-state index contributed by atoms with van der Waals surface area (Å²) in [6, 6.07) is 2.64. The van der Waals surface area contributed by atoms with Gasteiger partial charge in [-0.1, -0.05) is 0 Å². The molecule has 1 aliphatic heterocycles. The van der Waals surface area contributed by atoms with E-state index in [0.717, 1.165) is 43.7 Å². The van der Waals surface area contributed by atoms with Crippen molar-refractivity contribution in [2.45, 2.75) is 45.2 Å². The lowest BCUT2D eigenvalue weighted by Gasteiger charge is -2.34. The average Bonchev–Trinajstić information content (AvgIpc) is 2.84. The number of nitrogens with one attached hydrogen (secondary N) is 2. The standard InChI is InChI=1S/C16H29N5O/c1-12(9-14-10-13(2)18-19-14)17-16(22)11-21(4)15-5-7-20(3)8-6-15/h10,12,15H,5-9,11H2,1-4H3,(H,17,22)(H,18,19)/t12-/m1/s1. The van der Waals surface area contributed by atoms with Gasteiger partial charge < -0.3 is 10.2 Å². The molecule has 6 nitrogen and oxygen atoms in total. The van der Waals surface area contributed by atoms with Gasteiger partial charge in [0.25, 0.3) is 0 Å². The molecule has 0 aromatic carbocycles. The number of likely N-dealkylation sites (tertiary alicyclic amines) is 1. The van der Waals surface area contributed by atoms with E-state index < -0.39 is 0 Å². The van der Waals surface area contributed by atoms with Crippen molar-refractivity contribution >= 4 is 5.91 Å². The largest absolute Gasteiger partial charge is 0.352 e. The third-order valence-electron chi connectivity index (χ3n) is 4.39. The molecule has 0 radical (unpaired) electrons. The number of aryl methyl sites for hydroxylation is 1. The van der Waals surface area contributed by atoms with Crippen LogP contribution in [0.3, 0.4) is 0 Å². The number of nitrogens with zero attached hydrogens (tertiary/aromatic N) is 3. The highest BCUT2D eigenvalue weighted by molar-refractivity contribution is 5.78. The zero-order valence-electron chi connectivity index (χ0n) is 14.2. The molecule has 0 spiro atoms. The predicted octanol–water partition coefficient (Wildman–Crippen LogP) is 0.791. The van der Waals surface area contributed by atoms with Crippen molar-refractivity contribution < 1.29 is 4.79 Å². The number of likely N-dealkylation sites (N-methyl/N-ethyl adjacent to an activating group) is 1. The Kier molecular flexibility index (Phi) is 5.97. The fraction of sp³-hybridized carbons (Fsp3) is 0.750. The van der Waals surface area contributed by atoms with Crippen LogP contribution in [0.5, 0.6) is 0 Å². The molecule has 1 aromatic heterocycles. The van der Waals surface area contributed by atoms with E-state index in [0.29, 0.717) is 12.6 Å². The van der Waals surface area contributed by atoms with Gasteiger partial charge in [-0.25, -0.2) is 0 Å². The molecule has 2 heterocycles. The maximum absolute atomic E-state index is 12.2. The van der Waals surface area contributed by atoms with Gasteiger partial charge in [0, 0.05) is 24.2 Å². The van der Waals surface area contributed by atoms with Crippen molar-refractivity contribution in [1.82, 2.24) is 25.3 Å². The van der Waals surface area contributed by atoms with Crippen molar-refractivity contribution in [3.05, 3.63) is 17.5 Å². The highest BCUT2D eigenvalue weighted by atomic mass is 16.2. The number of carbonyl (C=O) groups excluding carboxylic acids is 1. The number of aromatic amines is 1. The Labute approximate surface area is 133 Å². The van der Waals surface area contributed by atoms with E-state index in [1.54, 1.807) is 0 Å². The molecule has 1 aromatic rings. The maximum atomic E-state index is 12.2. The van der Waals surface area contributed by atoms with Gasteiger partial charge in [-0.2, -0.15) is 5.10 Å². The number of hydrogen-bond donors (Lipinski definition) is 2. The Morgan fingerprint density at radius 3 is 2.82 bits per heavy atom. The summed E-state index contributed by atoms with van der Waals surface area (Å²) in [5.74, 6) is 0.0983. The van der Waals surface area contributed by atoms with Crippen molar-refractivity contribution in [3.8, 4) is 0 Å². The Hall–Kier alpha value is -1.40. The summed E-state index contributed by atoms with van der Waals surface area (Å²) in [6.07, 6.45) is 3.04. The second-order valence-corrected chi connectivity index (χ2v) is 6.66.